The van der Waals surface area contributed by atoms with Crippen molar-refractivity contribution < 1.29 is 22.7 Å². The Balaban J connectivity index is 1.64. The molecule has 1 aliphatic rings. The summed E-state index contributed by atoms with van der Waals surface area (Å²) in [6.45, 7) is 0.809. The number of hydrogen-bond donors (Lipinski definition) is 1. The largest absolute Gasteiger partial charge is 0.497 e. The normalized spacial score (nSPS) is 15.8. The quantitative estimate of drug-likeness (QED) is 0.772. The number of methoxy groups -OCH3 is 1. The Labute approximate surface area is 168 Å². The summed E-state index contributed by atoms with van der Waals surface area (Å²) >= 11 is 1.13. The molecule has 2 aromatic rings. The lowest BCUT2D eigenvalue weighted by Crippen LogP contribution is -2.31. The highest BCUT2D eigenvalue weighted by molar-refractivity contribution is 7.91. The van der Waals surface area contributed by atoms with Gasteiger partial charge in [-0.15, -0.1) is 11.3 Å². The lowest BCUT2D eigenvalue weighted by Gasteiger charge is -2.18. The van der Waals surface area contributed by atoms with Gasteiger partial charge in [0.15, 0.2) is 0 Å². The molecule has 1 fully saturated rings. The molecule has 1 aromatic carbocycles. The van der Waals surface area contributed by atoms with Crippen LogP contribution in [0, 0.1) is 0 Å². The molecule has 0 bridgehead atoms. The number of benzene rings is 1. The molecule has 0 atom stereocenters. The maximum Gasteiger partial charge on any atom is 0.252 e. The zero-order valence-electron chi connectivity index (χ0n) is 15.5. The molecule has 7 nitrogen and oxygen atoms in total. The number of amides is 1. The van der Waals surface area contributed by atoms with Gasteiger partial charge in [0.2, 0.25) is 0 Å². The van der Waals surface area contributed by atoms with Crippen LogP contribution in [0.25, 0.3) is 0 Å². The van der Waals surface area contributed by atoms with E-state index in [1.54, 1.807) is 36.4 Å². The molecular weight excluding hydrogens is 400 g/mol. The Morgan fingerprint density at radius 1 is 1.21 bits per heavy atom. The van der Waals surface area contributed by atoms with Gasteiger partial charge in [-0.05, 0) is 36.8 Å². The summed E-state index contributed by atoms with van der Waals surface area (Å²) in [5.41, 5.74) is 0.470. The van der Waals surface area contributed by atoms with E-state index in [0.717, 1.165) is 16.2 Å². The summed E-state index contributed by atoms with van der Waals surface area (Å²) in [6.07, 6.45) is 1.24. The van der Waals surface area contributed by atoms with Crippen LogP contribution in [-0.4, -0.2) is 44.6 Å². The van der Waals surface area contributed by atoms with Crippen LogP contribution >= 0.6 is 11.3 Å². The van der Waals surface area contributed by atoms with Crippen molar-refractivity contribution >= 4 is 33.1 Å². The average molecular weight is 423 g/mol. The van der Waals surface area contributed by atoms with Crippen LogP contribution in [0.1, 0.15) is 34.5 Å². The van der Waals surface area contributed by atoms with E-state index in [4.69, 9.17) is 4.74 Å². The SMILES string of the molecule is COc1cccc(C(=O)NCc2ccc(S(=O)(=O)N3CCCC(=O)CC3)s2)c1. The maximum atomic E-state index is 12.8. The lowest BCUT2D eigenvalue weighted by molar-refractivity contribution is -0.118. The van der Waals surface area contributed by atoms with Gasteiger partial charge < -0.3 is 10.1 Å². The standard InChI is InChI=1S/C19H22N2O5S2/c1-26-16-6-2-4-14(12-16)19(23)20-13-17-7-8-18(27-17)28(24,25)21-10-3-5-15(22)9-11-21/h2,4,6-8,12H,3,5,9-11,13H2,1H3,(H,20,23). The van der Waals surface area contributed by atoms with Gasteiger partial charge in [-0.25, -0.2) is 8.42 Å². The first-order valence-corrected chi connectivity index (χ1v) is 11.2. The minimum atomic E-state index is -3.62. The summed E-state index contributed by atoms with van der Waals surface area (Å²) in [7, 11) is -2.08. The number of nitrogens with one attached hydrogen (secondary N) is 1. The number of rotatable bonds is 6. The number of Topliss-reactive ketones (excluding diaryl/α,β-unsaturated/α-hetero) is 1. The number of ether oxygens (including phenoxy) is 1. The third-order valence-electron chi connectivity index (χ3n) is 4.49. The van der Waals surface area contributed by atoms with Gasteiger partial charge in [-0.3, -0.25) is 9.59 Å². The molecule has 1 aromatic heterocycles. The summed E-state index contributed by atoms with van der Waals surface area (Å²) in [4.78, 5) is 24.6. The number of ketones is 1. The van der Waals surface area contributed by atoms with E-state index in [0.29, 0.717) is 30.7 Å². The van der Waals surface area contributed by atoms with E-state index in [-0.39, 0.29) is 35.4 Å². The Morgan fingerprint density at radius 2 is 2.04 bits per heavy atom. The first-order valence-electron chi connectivity index (χ1n) is 8.93. The van der Waals surface area contributed by atoms with Crippen LogP contribution in [0.4, 0.5) is 0 Å². The number of sulfonamides is 1. The number of carbonyl (C=O) groups is 2. The molecule has 150 valence electrons. The molecule has 1 N–H and O–H groups in total. The third kappa shape index (κ3) is 4.78. The average Bonchev–Trinajstić information content (AvgIpc) is 3.07. The van der Waals surface area contributed by atoms with Crippen LogP contribution in [-0.2, 0) is 21.4 Å². The highest BCUT2D eigenvalue weighted by Gasteiger charge is 2.28. The minimum Gasteiger partial charge on any atom is -0.497 e. The molecule has 0 radical (unpaired) electrons. The van der Waals surface area contributed by atoms with Crippen molar-refractivity contribution in [1.29, 1.82) is 0 Å². The zero-order valence-corrected chi connectivity index (χ0v) is 17.1. The maximum absolute atomic E-state index is 12.8. The summed E-state index contributed by atoms with van der Waals surface area (Å²) in [6, 6.07) is 10.1. The molecule has 0 aliphatic carbocycles. The van der Waals surface area contributed by atoms with Crippen molar-refractivity contribution in [2.45, 2.75) is 30.0 Å². The van der Waals surface area contributed by atoms with Crippen molar-refractivity contribution in [2.75, 3.05) is 20.2 Å². The number of carbonyl (C=O) groups excluding carboxylic acids is 2. The smallest absolute Gasteiger partial charge is 0.252 e. The lowest BCUT2D eigenvalue weighted by atomic mass is 10.2. The fourth-order valence-corrected chi connectivity index (χ4v) is 5.86. The van der Waals surface area contributed by atoms with Crippen LogP contribution in [0.5, 0.6) is 5.75 Å². The molecule has 0 saturated carbocycles. The number of nitrogens with zero attached hydrogens (tertiary/aromatic N) is 1. The van der Waals surface area contributed by atoms with Crippen molar-refractivity contribution in [3.63, 3.8) is 0 Å². The third-order valence-corrected chi connectivity index (χ3v) is 7.94. The molecule has 3 rings (SSSR count). The van der Waals surface area contributed by atoms with Crippen LogP contribution in [0.2, 0.25) is 0 Å². The first-order chi connectivity index (χ1) is 13.4. The van der Waals surface area contributed by atoms with E-state index in [1.165, 1.54) is 11.4 Å². The predicted molar refractivity (Wildman–Crippen MR) is 106 cm³/mol. The fraction of sp³-hybridized carbons (Fsp3) is 0.368. The second-order valence-corrected chi connectivity index (χ2v) is 9.76. The van der Waals surface area contributed by atoms with Crippen LogP contribution < -0.4 is 10.1 Å². The van der Waals surface area contributed by atoms with Gasteiger partial charge in [0.25, 0.3) is 15.9 Å². The van der Waals surface area contributed by atoms with Crippen molar-refractivity contribution in [2.24, 2.45) is 0 Å². The van der Waals surface area contributed by atoms with Gasteiger partial charge in [-0.1, -0.05) is 6.07 Å². The monoisotopic (exact) mass is 422 g/mol. The minimum absolute atomic E-state index is 0.102. The van der Waals surface area contributed by atoms with E-state index in [2.05, 4.69) is 5.32 Å². The first kappa shape index (κ1) is 20.5. The Hall–Kier alpha value is -2.23. The highest BCUT2D eigenvalue weighted by atomic mass is 32.2. The second-order valence-electron chi connectivity index (χ2n) is 6.43. The van der Waals surface area contributed by atoms with Gasteiger partial charge in [0.05, 0.1) is 13.7 Å². The number of hydrogen-bond acceptors (Lipinski definition) is 6. The molecule has 0 unspecified atom stereocenters. The van der Waals surface area contributed by atoms with E-state index >= 15 is 0 Å². The molecule has 28 heavy (non-hydrogen) atoms. The summed E-state index contributed by atoms with van der Waals surface area (Å²) in [5, 5.41) is 2.79. The van der Waals surface area contributed by atoms with E-state index in [1.807, 2.05) is 0 Å². The Morgan fingerprint density at radius 3 is 2.82 bits per heavy atom. The molecule has 1 amide bonds. The fourth-order valence-electron chi connectivity index (χ4n) is 2.93. The van der Waals surface area contributed by atoms with Crippen LogP contribution in [0.15, 0.2) is 40.6 Å². The van der Waals surface area contributed by atoms with Crippen LogP contribution in [0.3, 0.4) is 0 Å². The highest BCUT2D eigenvalue weighted by Crippen LogP contribution is 2.26. The van der Waals surface area contributed by atoms with E-state index in [9.17, 15) is 18.0 Å². The molecule has 1 aliphatic heterocycles. The molecular formula is C19H22N2O5S2. The zero-order chi connectivity index (χ0) is 20.1. The van der Waals surface area contributed by atoms with Gasteiger partial charge in [0.1, 0.15) is 15.7 Å². The van der Waals surface area contributed by atoms with Crippen molar-refractivity contribution in [3.05, 3.63) is 46.8 Å². The van der Waals surface area contributed by atoms with Gasteiger partial charge >= 0.3 is 0 Å². The van der Waals surface area contributed by atoms with E-state index < -0.39 is 10.0 Å². The topological polar surface area (TPSA) is 92.8 Å². The summed E-state index contributed by atoms with van der Waals surface area (Å²) in [5.74, 6) is 0.431. The predicted octanol–water partition coefficient (Wildman–Crippen LogP) is 2.43. The van der Waals surface area contributed by atoms with Gasteiger partial charge in [-0.2, -0.15) is 4.31 Å². The van der Waals surface area contributed by atoms with Crippen molar-refractivity contribution in [1.82, 2.24) is 9.62 Å². The molecule has 2 heterocycles. The Bertz CT molecular complexity index is 968. The second kappa shape index (κ2) is 8.85. The van der Waals surface area contributed by atoms with Crippen molar-refractivity contribution in [3.8, 4) is 5.75 Å². The number of thiophene rings is 1. The molecule has 0 spiro atoms. The Kier molecular flexibility index (Phi) is 6.48. The van der Waals surface area contributed by atoms with Gasteiger partial charge in [0, 0.05) is 36.4 Å². The summed E-state index contributed by atoms with van der Waals surface area (Å²) < 4.78 is 32.3. The molecule has 1 saturated heterocycles. The molecule has 9 heteroatoms.